The van der Waals surface area contributed by atoms with Gasteiger partial charge < -0.3 is 9.84 Å². The van der Waals surface area contributed by atoms with Crippen molar-refractivity contribution in [2.45, 2.75) is 51.1 Å². The summed E-state index contributed by atoms with van der Waals surface area (Å²) in [5, 5.41) is 7.85. The fourth-order valence-electron chi connectivity index (χ4n) is 3.79. The molecule has 4 rings (SSSR count). The number of aryl methyl sites for hydroxylation is 1. The summed E-state index contributed by atoms with van der Waals surface area (Å²) in [6.45, 7) is 2.08. The number of hydrogen-bond donors (Lipinski definition) is 1. The van der Waals surface area contributed by atoms with Gasteiger partial charge in [-0.15, -0.1) is 0 Å². The van der Waals surface area contributed by atoms with E-state index < -0.39 is 0 Å². The van der Waals surface area contributed by atoms with E-state index in [1.165, 1.54) is 31.2 Å². The van der Waals surface area contributed by atoms with Gasteiger partial charge in [0.2, 0.25) is 11.7 Å². The number of hydrogen-bond acceptors (Lipinski definition) is 4. The first-order valence-electron chi connectivity index (χ1n) is 7.96. The largest absolute Gasteiger partial charge is 0.337 e. The van der Waals surface area contributed by atoms with Gasteiger partial charge in [0.1, 0.15) is 0 Å². The van der Waals surface area contributed by atoms with E-state index in [1.54, 1.807) is 0 Å². The average molecular weight is 283 g/mol. The third-order valence-corrected chi connectivity index (χ3v) is 4.88. The first-order chi connectivity index (χ1) is 10.3. The first-order valence-corrected chi connectivity index (χ1v) is 7.96. The van der Waals surface area contributed by atoms with Crippen LogP contribution >= 0.6 is 0 Å². The Morgan fingerprint density at radius 3 is 3.00 bits per heavy atom. The maximum absolute atomic E-state index is 5.53. The summed E-state index contributed by atoms with van der Waals surface area (Å²) in [5.74, 6) is 2.24. The lowest BCUT2D eigenvalue weighted by Gasteiger charge is -2.24. The Balaban J connectivity index is 1.55. The minimum Gasteiger partial charge on any atom is -0.337 e. The van der Waals surface area contributed by atoms with E-state index in [-0.39, 0.29) is 6.04 Å². The zero-order chi connectivity index (χ0) is 14.2. The van der Waals surface area contributed by atoms with Crippen LogP contribution in [0.4, 0.5) is 0 Å². The molecule has 1 aliphatic heterocycles. The number of benzene rings is 1. The van der Waals surface area contributed by atoms with Crippen molar-refractivity contribution in [2.75, 3.05) is 0 Å². The van der Waals surface area contributed by atoms with Crippen molar-refractivity contribution in [1.29, 1.82) is 0 Å². The molecule has 1 saturated heterocycles. The van der Waals surface area contributed by atoms with Crippen molar-refractivity contribution in [2.24, 2.45) is 5.92 Å². The van der Waals surface area contributed by atoms with Gasteiger partial charge >= 0.3 is 0 Å². The molecule has 1 saturated carbocycles. The summed E-state index contributed by atoms with van der Waals surface area (Å²) in [6.07, 6.45) is 6.49. The third-order valence-electron chi connectivity index (χ3n) is 4.88. The summed E-state index contributed by atoms with van der Waals surface area (Å²) in [7, 11) is 0. The molecule has 1 aromatic heterocycles. The van der Waals surface area contributed by atoms with Crippen LogP contribution in [0.15, 0.2) is 28.8 Å². The predicted octanol–water partition coefficient (Wildman–Crippen LogP) is 3.64. The number of aromatic nitrogens is 2. The lowest BCUT2D eigenvalue weighted by molar-refractivity contribution is 0.324. The summed E-state index contributed by atoms with van der Waals surface area (Å²) in [6, 6.07) is 9.12. The van der Waals surface area contributed by atoms with Gasteiger partial charge in [0.15, 0.2) is 0 Å². The van der Waals surface area contributed by atoms with Gasteiger partial charge in [0, 0.05) is 11.6 Å². The topological polar surface area (TPSA) is 51.0 Å². The Hall–Kier alpha value is -1.68. The van der Waals surface area contributed by atoms with E-state index in [0.717, 1.165) is 23.8 Å². The summed E-state index contributed by atoms with van der Waals surface area (Å²) in [5.41, 5.74) is 2.24. The van der Waals surface area contributed by atoms with Crippen molar-refractivity contribution in [3.63, 3.8) is 0 Å². The molecule has 3 atom stereocenters. The normalized spacial score (nSPS) is 28.5. The highest BCUT2D eigenvalue weighted by molar-refractivity contribution is 5.55. The van der Waals surface area contributed by atoms with Crippen LogP contribution in [0.2, 0.25) is 0 Å². The first kappa shape index (κ1) is 13.0. The van der Waals surface area contributed by atoms with Crippen LogP contribution in [0, 0.1) is 12.8 Å². The highest BCUT2D eigenvalue weighted by Gasteiger charge is 2.38. The van der Waals surface area contributed by atoms with Crippen molar-refractivity contribution in [3.05, 3.63) is 35.7 Å². The van der Waals surface area contributed by atoms with E-state index in [1.807, 2.05) is 12.1 Å². The van der Waals surface area contributed by atoms with Crippen LogP contribution in [0.1, 0.15) is 49.6 Å². The molecule has 0 radical (unpaired) electrons. The van der Waals surface area contributed by atoms with Gasteiger partial charge in [-0.1, -0.05) is 41.8 Å². The highest BCUT2D eigenvalue weighted by Crippen LogP contribution is 2.38. The van der Waals surface area contributed by atoms with Crippen LogP contribution < -0.4 is 5.32 Å². The lowest BCUT2D eigenvalue weighted by Crippen LogP contribution is -2.30. The van der Waals surface area contributed by atoms with Gasteiger partial charge in [0.05, 0.1) is 6.04 Å². The smallest absolute Gasteiger partial charge is 0.244 e. The van der Waals surface area contributed by atoms with Gasteiger partial charge in [-0.2, -0.15) is 4.98 Å². The van der Waals surface area contributed by atoms with Crippen molar-refractivity contribution < 1.29 is 4.52 Å². The Bertz CT molecular complexity index is 622. The van der Waals surface area contributed by atoms with Gasteiger partial charge in [-0.25, -0.2) is 0 Å². The highest BCUT2D eigenvalue weighted by atomic mass is 16.5. The molecule has 3 unspecified atom stereocenters. The Morgan fingerprint density at radius 1 is 1.24 bits per heavy atom. The summed E-state index contributed by atoms with van der Waals surface area (Å²) in [4.78, 5) is 4.62. The molecule has 0 amide bonds. The van der Waals surface area contributed by atoms with Crippen LogP contribution in [0.5, 0.6) is 0 Å². The molecule has 0 bridgehead atoms. The second-order valence-corrected chi connectivity index (χ2v) is 6.43. The number of nitrogens with one attached hydrogen (secondary N) is 1. The van der Waals surface area contributed by atoms with E-state index in [4.69, 9.17) is 4.52 Å². The molecule has 1 N–H and O–H groups in total. The maximum Gasteiger partial charge on any atom is 0.244 e. The Morgan fingerprint density at radius 2 is 2.14 bits per heavy atom. The fraction of sp³-hybridized carbons (Fsp3) is 0.529. The lowest BCUT2D eigenvalue weighted by atomic mass is 9.85. The molecule has 4 heteroatoms. The van der Waals surface area contributed by atoms with Crippen LogP contribution in [0.25, 0.3) is 11.4 Å². The van der Waals surface area contributed by atoms with Gasteiger partial charge in [0.25, 0.3) is 0 Å². The molecular formula is C17H21N3O. The summed E-state index contributed by atoms with van der Waals surface area (Å²) >= 11 is 0. The molecule has 4 nitrogen and oxygen atoms in total. The Kier molecular flexibility index (Phi) is 3.26. The van der Waals surface area contributed by atoms with Gasteiger partial charge in [-0.3, -0.25) is 0 Å². The number of fused-ring (bicyclic) bond motifs is 1. The fourth-order valence-corrected chi connectivity index (χ4v) is 3.79. The average Bonchev–Trinajstić information content (AvgIpc) is 3.14. The van der Waals surface area contributed by atoms with E-state index in [9.17, 15) is 0 Å². The zero-order valence-corrected chi connectivity index (χ0v) is 12.4. The molecule has 2 aromatic rings. The molecule has 110 valence electrons. The van der Waals surface area contributed by atoms with Crippen LogP contribution in [-0.4, -0.2) is 16.2 Å². The van der Waals surface area contributed by atoms with E-state index in [2.05, 4.69) is 34.5 Å². The molecule has 21 heavy (non-hydrogen) atoms. The van der Waals surface area contributed by atoms with E-state index in [0.29, 0.717) is 11.9 Å². The SMILES string of the molecule is Cc1cccc(-c2noc(C3CC4CCCCC4N3)n2)c1. The second-order valence-electron chi connectivity index (χ2n) is 6.43. The van der Waals surface area contributed by atoms with Crippen LogP contribution in [-0.2, 0) is 0 Å². The number of nitrogens with zero attached hydrogens (tertiary/aromatic N) is 2. The molecule has 1 aliphatic carbocycles. The van der Waals surface area contributed by atoms with Gasteiger partial charge in [-0.05, 0) is 38.2 Å². The van der Waals surface area contributed by atoms with E-state index >= 15 is 0 Å². The summed E-state index contributed by atoms with van der Waals surface area (Å²) < 4.78 is 5.53. The van der Waals surface area contributed by atoms with Crippen molar-refractivity contribution >= 4 is 0 Å². The predicted molar refractivity (Wildman–Crippen MR) is 80.7 cm³/mol. The van der Waals surface area contributed by atoms with Crippen molar-refractivity contribution in [3.8, 4) is 11.4 Å². The molecular weight excluding hydrogens is 262 g/mol. The minimum absolute atomic E-state index is 0.240. The zero-order valence-electron chi connectivity index (χ0n) is 12.4. The molecule has 0 spiro atoms. The van der Waals surface area contributed by atoms with Crippen molar-refractivity contribution in [1.82, 2.24) is 15.5 Å². The molecule has 2 fully saturated rings. The molecule has 1 aromatic carbocycles. The molecule has 2 heterocycles. The van der Waals surface area contributed by atoms with Crippen LogP contribution in [0.3, 0.4) is 0 Å². The molecule has 2 aliphatic rings. The minimum atomic E-state index is 0.240. The maximum atomic E-state index is 5.53. The monoisotopic (exact) mass is 283 g/mol. The second kappa shape index (κ2) is 5.26. The standard InChI is InChI=1S/C17H21N3O/c1-11-5-4-7-13(9-11)16-19-17(21-20-16)15-10-12-6-2-3-8-14(12)18-15/h4-5,7,9,12,14-15,18H,2-3,6,8,10H2,1H3. The number of rotatable bonds is 2. The third kappa shape index (κ3) is 2.48. The Labute approximate surface area is 124 Å². The quantitative estimate of drug-likeness (QED) is 0.914.